The number of ether oxygens (including phenoxy) is 3. The Morgan fingerprint density at radius 3 is 1.76 bits per heavy atom. The Balaban J connectivity index is 1.19. The molecule has 4 N–H and O–H groups in total. The Kier molecular flexibility index (Phi) is 24.0. The number of carbonyl (C=O) groups excluding carboxylic acids is 3. The van der Waals surface area contributed by atoms with Crippen LogP contribution in [0.15, 0.2) is 69.1 Å². The Labute approximate surface area is 569 Å². The van der Waals surface area contributed by atoms with Gasteiger partial charge in [-0.3, -0.25) is 14.4 Å². The Bertz CT molecular complexity index is 4290. The number of amides is 1. The van der Waals surface area contributed by atoms with E-state index in [4.69, 9.17) is 44.5 Å². The Morgan fingerprint density at radius 1 is 0.660 bits per heavy atom. The Hall–Kier alpha value is -10.6. The minimum absolute atomic E-state index is 0.0228. The van der Waals surface area contributed by atoms with Crippen molar-refractivity contribution in [2.24, 2.45) is 20.5 Å². The number of pyridine rings is 1. The monoisotopic (exact) mass is 1340 g/mol. The number of carbonyl (C=O) groups is 3. The van der Waals surface area contributed by atoms with Crippen molar-refractivity contribution in [2.75, 3.05) is 86.3 Å². The fraction of sp³-hybridized carbons (Fsp3) is 0.420. The minimum atomic E-state index is -0.664. The zero-order valence-corrected chi connectivity index (χ0v) is 59.2. The molecule has 0 radical (unpaired) electrons. The van der Waals surface area contributed by atoms with Crippen LogP contribution in [0.25, 0.3) is 10.3 Å². The summed E-state index contributed by atoms with van der Waals surface area (Å²) in [6.07, 6.45) is 3.11. The van der Waals surface area contributed by atoms with Gasteiger partial charge >= 0.3 is 11.9 Å². The van der Waals surface area contributed by atoms with Crippen LogP contribution in [-0.2, 0) is 34.0 Å². The average molecular weight is 1340 g/mol. The lowest BCUT2D eigenvalue weighted by atomic mass is 9.90. The van der Waals surface area contributed by atoms with E-state index in [9.17, 15) is 24.9 Å². The molecule has 0 saturated carbocycles. The first-order valence-electron chi connectivity index (χ1n) is 32.0. The van der Waals surface area contributed by atoms with Gasteiger partial charge in [-0.15, -0.1) is 35.8 Å². The highest BCUT2D eigenvalue weighted by atomic mass is 32.1. The third kappa shape index (κ3) is 17.7. The third-order valence-corrected chi connectivity index (χ3v) is 16.4. The van der Waals surface area contributed by atoms with Gasteiger partial charge in [-0.2, -0.15) is 30.3 Å². The second-order valence-corrected chi connectivity index (χ2v) is 25.6. The molecule has 0 fully saturated rings. The van der Waals surface area contributed by atoms with Gasteiger partial charge < -0.3 is 45.3 Å². The number of rotatable bonds is 29. The predicted octanol–water partition coefficient (Wildman–Crippen LogP) is 14.3. The molecule has 0 saturated heterocycles. The first-order chi connectivity index (χ1) is 46.3. The molecule has 1 amide bonds. The van der Waals surface area contributed by atoms with Crippen molar-refractivity contribution < 1.29 is 28.6 Å². The lowest BCUT2D eigenvalue weighted by Crippen LogP contribution is -2.40. The van der Waals surface area contributed by atoms with E-state index >= 15 is 0 Å². The van der Waals surface area contributed by atoms with Gasteiger partial charge in [-0.25, -0.2) is 9.67 Å². The lowest BCUT2D eigenvalue weighted by Gasteiger charge is -2.29. The highest BCUT2D eigenvalue weighted by Crippen LogP contribution is 2.43. The van der Waals surface area contributed by atoms with Crippen LogP contribution in [0.2, 0.25) is 0 Å². The molecule has 0 bridgehead atoms. The number of benzene rings is 3. The number of hydrogen-bond acceptors (Lipinski definition) is 25. The van der Waals surface area contributed by atoms with Crippen molar-refractivity contribution in [1.29, 1.82) is 10.5 Å². The molecule has 0 aliphatic rings. The summed E-state index contributed by atoms with van der Waals surface area (Å²) >= 11 is 1.07. The summed E-state index contributed by atoms with van der Waals surface area (Å²) in [6.45, 7) is 30.3. The maximum Gasteiger partial charge on any atom is 0.325 e. The van der Waals surface area contributed by atoms with Crippen molar-refractivity contribution in [2.45, 2.75) is 135 Å². The fourth-order valence-corrected chi connectivity index (χ4v) is 12.1. The molecule has 0 atom stereocenters. The maximum absolute atomic E-state index is 13.7. The second-order valence-electron chi connectivity index (χ2n) is 24.6. The van der Waals surface area contributed by atoms with Crippen LogP contribution >= 0.6 is 11.3 Å². The van der Waals surface area contributed by atoms with Gasteiger partial charge in [0.1, 0.15) is 47.9 Å². The number of hydrogen-bond donors (Lipinski definition) is 4. The zero-order valence-electron chi connectivity index (χ0n) is 58.4. The molecule has 8 rings (SSSR count). The van der Waals surface area contributed by atoms with Gasteiger partial charge in [0.05, 0.1) is 25.1 Å². The first kappa shape index (κ1) is 72.3. The van der Waals surface area contributed by atoms with Gasteiger partial charge in [0.15, 0.2) is 29.0 Å². The van der Waals surface area contributed by atoms with E-state index in [1.54, 1.807) is 28.0 Å². The number of anilines is 8. The van der Waals surface area contributed by atoms with Gasteiger partial charge in [-0.1, -0.05) is 85.2 Å². The van der Waals surface area contributed by atoms with Crippen molar-refractivity contribution >= 4 is 98.5 Å². The number of aryl methyl sites for hydroxylation is 10. The topological polar surface area (TPSA) is 331 Å². The van der Waals surface area contributed by atoms with E-state index in [0.717, 1.165) is 78.5 Å². The molecule has 5 aromatic heterocycles. The van der Waals surface area contributed by atoms with Crippen LogP contribution in [0.4, 0.5) is 69.3 Å². The van der Waals surface area contributed by atoms with Crippen molar-refractivity contribution in [1.82, 2.24) is 49.6 Å². The predicted molar refractivity (Wildman–Crippen MR) is 375 cm³/mol. The van der Waals surface area contributed by atoms with Crippen LogP contribution in [0.3, 0.4) is 0 Å². The normalized spacial score (nSPS) is 11.5. The molecule has 0 unspecified atom stereocenters. The molecule has 8 aromatic rings. The largest absolute Gasteiger partial charge is 0.465 e. The van der Waals surface area contributed by atoms with E-state index in [-0.39, 0.29) is 77.3 Å². The zero-order chi connectivity index (χ0) is 70.4. The number of azo groups is 2. The second kappa shape index (κ2) is 32.2. The highest BCUT2D eigenvalue weighted by Gasteiger charge is 2.31. The first-order valence-corrected chi connectivity index (χ1v) is 32.8. The summed E-state index contributed by atoms with van der Waals surface area (Å²) in [5, 5.41) is 73.3. The number of nitrogens with zero attached hydrogens (tertiary/aromatic N) is 17. The van der Waals surface area contributed by atoms with Crippen LogP contribution in [0.5, 0.6) is 0 Å². The van der Waals surface area contributed by atoms with E-state index in [1.807, 2.05) is 82.2 Å². The number of nitrogens with one attached hydrogen (secondary N) is 4. The summed E-state index contributed by atoms with van der Waals surface area (Å²) in [4.78, 5) is 57.1. The lowest BCUT2D eigenvalue weighted by molar-refractivity contribution is -0.154. The molecule has 28 heteroatoms. The quantitative estimate of drug-likeness (QED) is 0.0192. The highest BCUT2D eigenvalue weighted by molar-refractivity contribution is 7.16. The van der Waals surface area contributed by atoms with Crippen molar-refractivity contribution in [3.05, 3.63) is 121 Å². The number of aromatic nitrogens is 9. The molecule has 3 aromatic carbocycles. The molecule has 27 nitrogen and oxygen atoms in total. The Morgan fingerprint density at radius 2 is 1.22 bits per heavy atom. The molecule has 508 valence electrons. The molecular formula is C69H85N21O6S. The maximum atomic E-state index is 13.7. The number of esters is 2. The van der Waals surface area contributed by atoms with E-state index < -0.39 is 17.4 Å². The fourth-order valence-electron chi connectivity index (χ4n) is 11.3. The molecule has 0 aliphatic heterocycles. The molecule has 0 aliphatic carbocycles. The van der Waals surface area contributed by atoms with Gasteiger partial charge in [0.25, 0.3) is 0 Å². The van der Waals surface area contributed by atoms with Crippen LogP contribution in [0, 0.1) is 91.9 Å². The SMILES string of the molecule is CCOC(=O)CN(CC(=O)OCC)C(=O)CCCCN(c1cc(C)c(N=Nc2c(C#N)c(C(C)(C)C)nn2-c2nnc(-n3cc(C#N)c(N=Nc4c(NCCCOC)nc(NC)nc4Nc4c(C)cc(C)cc4C)n3)s2)c(Nc2c(C)cc(C)cc2C)n1)c1c(C)cc(C)cc1C. The smallest absolute Gasteiger partial charge is 0.325 e. The molecule has 97 heavy (non-hydrogen) atoms. The van der Waals surface area contributed by atoms with Crippen LogP contribution in [0.1, 0.15) is 133 Å². The molecule has 5 heterocycles. The van der Waals surface area contributed by atoms with E-state index in [1.165, 1.54) is 20.5 Å². The summed E-state index contributed by atoms with van der Waals surface area (Å²) in [5.41, 5.74) is 13.1. The van der Waals surface area contributed by atoms with Crippen molar-refractivity contribution in [3.63, 3.8) is 0 Å². The van der Waals surface area contributed by atoms with Gasteiger partial charge in [-0.05, 0) is 147 Å². The van der Waals surface area contributed by atoms with E-state index in [0.29, 0.717) is 85.1 Å². The summed E-state index contributed by atoms with van der Waals surface area (Å²) < 4.78 is 18.4. The minimum Gasteiger partial charge on any atom is -0.465 e. The standard InChI is InChI=1S/C69H85N21O6S/c1-18-95-53(92)37-87(38-54(93)96-19-2)52(91)23-20-21-25-88(59-47(11)31-41(5)32-48(59)12)51-33-46(10)57(63(74-51)75-55-42(6)27-39(3)28-43(55)7)79-82-65-50(35-71)60(69(13,14)15)85-90(65)68-84-83-67(97-68)89-36-49(34-70)61(86-89)81-80-58-62(73-24-22-26-94-17)77-66(72-16)78-64(58)76-56-44(8)29-40(4)30-45(56)9/h27-33,36H,18-26,37-38H2,1-17H3,(H,74,75)(H3,72,73,76,77,78). The van der Waals surface area contributed by atoms with Gasteiger partial charge in [0.2, 0.25) is 27.9 Å². The third-order valence-electron chi connectivity index (χ3n) is 15.5. The van der Waals surface area contributed by atoms with Gasteiger partial charge in [0, 0.05) is 62.8 Å². The average Bonchev–Trinajstić information content (AvgIpc) is 1.76. The van der Waals surface area contributed by atoms with Crippen LogP contribution in [-0.4, -0.2) is 128 Å². The van der Waals surface area contributed by atoms with Crippen molar-refractivity contribution in [3.8, 4) is 22.4 Å². The van der Waals surface area contributed by atoms with Crippen LogP contribution < -0.4 is 26.2 Å². The summed E-state index contributed by atoms with van der Waals surface area (Å²) in [5.74, 6) is 0.425. The van der Waals surface area contributed by atoms with E-state index in [2.05, 4.69) is 114 Å². The number of unbranched alkanes of at least 4 members (excludes halogenated alkanes) is 1. The number of nitriles is 2. The number of methoxy groups -OCH3 is 1. The summed E-state index contributed by atoms with van der Waals surface area (Å²) in [6, 6.07) is 19.0. The summed E-state index contributed by atoms with van der Waals surface area (Å²) in [7, 11) is 3.36. The molecular weight excluding hydrogens is 1250 g/mol. The molecule has 0 spiro atoms.